The van der Waals surface area contributed by atoms with E-state index >= 15 is 0 Å². The Bertz CT molecular complexity index is 1260. The fourth-order valence-corrected chi connectivity index (χ4v) is 4.44. The highest BCUT2D eigenvalue weighted by Crippen LogP contribution is 2.18. The maximum absolute atomic E-state index is 13.0. The molecule has 0 fully saturated rings. The van der Waals surface area contributed by atoms with Gasteiger partial charge in [0.15, 0.2) is 0 Å². The molecule has 0 radical (unpaired) electrons. The van der Waals surface area contributed by atoms with Crippen LogP contribution in [-0.4, -0.2) is 91.6 Å². The fraction of sp³-hybridized carbons (Fsp3) is 0.400. The number of nitrogens with one attached hydrogen (secondary N) is 5. The molecular formula is C25H33N7O6S. The van der Waals surface area contributed by atoms with Gasteiger partial charge < -0.3 is 41.9 Å². The zero-order chi connectivity index (χ0) is 28.4. The number of imidazole rings is 1. The molecule has 13 nitrogen and oxygen atoms in total. The number of carbonyl (C=O) groups is 4. The number of amides is 3. The molecule has 4 unspecified atom stereocenters. The SMILES string of the molecule is CSCCC(NC(=O)C(Cc1cnc[nH]1)NC(=O)C(CO)NC(=O)C(N)Cc1c[nH]c2ccccc12)C(=O)O. The monoisotopic (exact) mass is 559 g/mol. The van der Waals surface area contributed by atoms with Gasteiger partial charge in [0.05, 0.1) is 19.0 Å². The molecule has 210 valence electrons. The maximum Gasteiger partial charge on any atom is 0.326 e. The Kier molecular flexibility index (Phi) is 10.9. The summed E-state index contributed by atoms with van der Waals surface area (Å²) in [5.41, 5.74) is 8.32. The largest absolute Gasteiger partial charge is 0.480 e. The lowest BCUT2D eigenvalue weighted by Gasteiger charge is -2.24. The highest BCUT2D eigenvalue weighted by molar-refractivity contribution is 7.98. The standard InChI is InChI=1S/C25H33N7O6S/c1-39-7-6-19(25(37)38)30-23(35)20(9-15-11-27-13-29-15)31-24(36)21(12-33)32-22(34)17(26)8-14-10-28-18-5-3-2-4-16(14)18/h2-5,10-11,13,17,19-21,28,33H,6-9,12,26H2,1H3,(H,27,29)(H,30,35)(H,31,36)(H,32,34)(H,37,38). The summed E-state index contributed by atoms with van der Waals surface area (Å²) in [6, 6.07) is 2.78. The Morgan fingerprint density at radius 1 is 1.00 bits per heavy atom. The summed E-state index contributed by atoms with van der Waals surface area (Å²) in [4.78, 5) is 60.2. The van der Waals surface area contributed by atoms with Crippen molar-refractivity contribution < 1.29 is 29.4 Å². The number of aliphatic hydroxyl groups excluding tert-OH is 1. The molecule has 0 saturated heterocycles. The molecular weight excluding hydrogens is 526 g/mol. The zero-order valence-electron chi connectivity index (χ0n) is 21.3. The van der Waals surface area contributed by atoms with E-state index in [1.807, 2.05) is 30.5 Å². The van der Waals surface area contributed by atoms with Crippen LogP contribution in [0.1, 0.15) is 17.7 Å². The third kappa shape index (κ3) is 8.30. The van der Waals surface area contributed by atoms with Gasteiger partial charge in [-0.25, -0.2) is 9.78 Å². The number of aliphatic hydroxyl groups is 1. The van der Waals surface area contributed by atoms with Gasteiger partial charge in [0, 0.05) is 35.4 Å². The Hall–Kier alpha value is -3.88. The van der Waals surface area contributed by atoms with Crippen molar-refractivity contribution in [1.82, 2.24) is 30.9 Å². The molecule has 0 bridgehead atoms. The summed E-state index contributed by atoms with van der Waals surface area (Å²) >= 11 is 1.44. The number of aromatic amines is 2. The van der Waals surface area contributed by atoms with Gasteiger partial charge in [-0.15, -0.1) is 0 Å². The molecule has 0 aliphatic heterocycles. The van der Waals surface area contributed by atoms with Gasteiger partial charge >= 0.3 is 5.97 Å². The van der Waals surface area contributed by atoms with Crippen LogP contribution in [0.3, 0.4) is 0 Å². The summed E-state index contributed by atoms with van der Waals surface area (Å²) < 4.78 is 0. The number of H-pyrrole nitrogens is 2. The number of nitrogens with two attached hydrogens (primary N) is 1. The first kappa shape index (κ1) is 29.7. The average Bonchev–Trinajstić information content (AvgIpc) is 3.58. The van der Waals surface area contributed by atoms with E-state index in [9.17, 15) is 29.4 Å². The van der Waals surface area contributed by atoms with Gasteiger partial charge in [0.25, 0.3) is 0 Å². The summed E-state index contributed by atoms with van der Waals surface area (Å²) in [6.45, 7) is -0.749. The molecule has 2 heterocycles. The van der Waals surface area contributed by atoms with Gasteiger partial charge in [-0.2, -0.15) is 11.8 Å². The quantitative estimate of drug-likeness (QED) is 0.118. The van der Waals surface area contributed by atoms with Gasteiger partial charge in [0.2, 0.25) is 17.7 Å². The molecule has 0 spiro atoms. The highest BCUT2D eigenvalue weighted by atomic mass is 32.2. The molecule has 3 aromatic rings. The van der Waals surface area contributed by atoms with E-state index in [4.69, 9.17) is 5.73 Å². The normalized spacial score (nSPS) is 14.2. The Morgan fingerprint density at radius 2 is 1.69 bits per heavy atom. The predicted molar refractivity (Wildman–Crippen MR) is 146 cm³/mol. The van der Waals surface area contributed by atoms with Crippen LogP contribution in [-0.2, 0) is 32.0 Å². The Morgan fingerprint density at radius 3 is 2.36 bits per heavy atom. The van der Waals surface area contributed by atoms with Gasteiger partial charge in [-0.05, 0) is 36.5 Å². The first-order valence-corrected chi connectivity index (χ1v) is 13.6. The summed E-state index contributed by atoms with van der Waals surface area (Å²) in [5.74, 6) is -2.92. The van der Waals surface area contributed by atoms with Crippen molar-refractivity contribution in [2.75, 3.05) is 18.6 Å². The van der Waals surface area contributed by atoms with Gasteiger partial charge in [0.1, 0.15) is 18.1 Å². The van der Waals surface area contributed by atoms with Crippen LogP contribution < -0.4 is 21.7 Å². The minimum absolute atomic E-state index is 0.0292. The van der Waals surface area contributed by atoms with Crippen LogP contribution in [0.2, 0.25) is 0 Å². The molecule has 0 saturated carbocycles. The maximum atomic E-state index is 13.0. The number of hydrogen-bond donors (Lipinski definition) is 8. The molecule has 39 heavy (non-hydrogen) atoms. The van der Waals surface area contributed by atoms with E-state index < -0.39 is 54.5 Å². The third-order valence-electron chi connectivity index (χ3n) is 6.10. The van der Waals surface area contributed by atoms with Gasteiger partial charge in [-0.3, -0.25) is 14.4 Å². The van der Waals surface area contributed by atoms with E-state index in [1.54, 1.807) is 6.20 Å². The van der Waals surface area contributed by atoms with Crippen molar-refractivity contribution in [3.8, 4) is 0 Å². The zero-order valence-corrected chi connectivity index (χ0v) is 22.2. The van der Waals surface area contributed by atoms with E-state index in [2.05, 4.69) is 30.9 Å². The van der Waals surface area contributed by atoms with Crippen LogP contribution in [0, 0.1) is 0 Å². The van der Waals surface area contributed by atoms with Crippen LogP contribution in [0.4, 0.5) is 0 Å². The molecule has 9 N–H and O–H groups in total. The minimum atomic E-state index is -1.39. The second-order valence-electron chi connectivity index (χ2n) is 8.94. The van der Waals surface area contributed by atoms with Crippen LogP contribution in [0.15, 0.2) is 43.0 Å². The van der Waals surface area contributed by atoms with Crippen molar-refractivity contribution in [1.29, 1.82) is 0 Å². The number of fused-ring (bicyclic) bond motifs is 1. The first-order valence-electron chi connectivity index (χ1n) is 12.2. The number of hydrogen-bond acceptors (Lipinski definition) is 8. The Labute approximate surface area is 228 Å². The molecule has 14 heteroatoms. The van der Waals surface area contributed by atoms with Gasteiger partial charge in [-0.1, -0.05) is 18.2 Å². The van der Waals surface area contributed by atoms with Crippen LogP contribution >= 0.6 is 11.8 Å². The Balaban J connectivity index is 1.66. The van der Waals surface area contributed by atoms with E-state index in [-0.39, 0.29) is 19.3 Å². The minimum Gasteiger partial charge on any atom is -0.480 e. The van der Waals surface area contributed by atoms with Crippen molar-refractivity contribution in [2.45, 2.75) is 43.4 Å². The second-order valence-corrected chi connectivity index (χ2v) is 9.92. The lowest BCUT2D eigenvalue weighted by molar-refractivity contribution is -0.142. The number of thioether (sulfide) groups is 1. The number of para-hydroxylation sites is 1. The van der Waals surface area contributed by atoms with Crippen molar-refractivity contribution in [3.05, 3.63) is 54.2 Å². The number of aromatic nitrogens is 3. The lowest BCUT2D eigenvalue weighted by Crippen LogP contribution is -2.58. The van der Waals surface area contributed by atoms with E-state index in [1.165, 1.54) is 24.3 Å². The molecule has 3 rings (SSSR count). The number of carboxylic acids is 1. The number of rotatable bonds is 15. The molecule has 3 amide bonds. The number of nitrogens with zero attached hydrogens (tertiary/aromatic N) is 1. The van der Waals surface area contributed by atoms with Crippen molar-refractivity contribution in [2.24, 2.45) is 5.73 Å². The van der Waals surface area contributed by atoms with E-state index in [0.29, 0.717) is 11.4 Å². The van der Waals surface area contributed by atoms with Crippen molar-refractivity contribution >= 4 is 46.4 Å². The summed E-state index contributed by atoms with van der Waals surface area (Å²) in [5, 5.41) is 27.6. The van der Waals surface area contributed by atoms with Crippen LogP contribution in [0.25, 0.3) is 10.9 Å². The number of carboxylic acid groups (broad SMARTS) is 1. The fourth-order valence-electron chi connectivity index (χ4n) is 3.97. The molecule has 1 aromatic carbocycles. The third-order valence-corrected chi connectivity index (χ3v) is 6.75. The smallest absolute Gasteiger partial charge is 0.326 e. The topological polar surface area (TPSA) is 215 Å². The summed E-state index contributed by atoms with van der Waals surface area (Å²) in [6.07, 6.45) is 6.79. The first-order chi connectivity index (χ1) is 18.7. The van der Waals surface area contributed by atoms with Crippen molar-refractivity contribution in [3.63, 3.8) is 0 Å². The molecule has 0 aliphatic carbocycles. The number of aliphatic carboxylic acids is 1. The molecule has 0 aliphatic rings. The summed E-state index contributed by atoms with van der Waals surface area (Å²) in [7, 11) is 0. The van der Waals surface area contributed by atoms with E-state index in [0.717, 1.165) is 16.5 Å². The highest BCUT2D eigenvalue weighted by Gasteiger charge is 2.30. The number of benzene rings is 1. The molecule has 4 atom stereocenters. The predicted octanol–water partition coefficient (Wildman–Crippen LogP) is -0.712. The van der Waals surface area contributed by atoms with Crippen LogP contribution in [0.5, 0.6) is 0 Å². The average molecular weight is 560 g/mol. The second kappa shape index (κ2) is 14.3. The lowest BCUT2D eigenvalue weighted by atomic mass is 10.0. The number of carbonyl (C=O) groups excluding carboxylic acids is 3. The molecule has 2 aromatic heterocycles.